The standard InChI is InChI=1S/C11H15Cl2N3O/c1-2-3-6-16-9(4-5-14-16)15-10(17)8-7-11(8,12)13/h4-5,8H,2-3,6-7H2,1H3,(H,15,17). The number of aryl methyl sites for hydroxylation is 1. The van der Waals surface area contributed by atoms with Crippen molar-refractivity contribution in [2.75, 3.05) is 5.32 Å². The predicted octanol–water partition coefficient (Wildman–Crippen LogP) is 2.82. The fraction of sp³-hybridized carbons (Fsp3) is 0.636. The van der Waals surface area contributed by atoms with Crippen LogP contribution in [-0.2, 0) is 11.3 Å². The van der Waals surface area contributed by atoms with Crippen molar-refractivity contribution < 1.29 is 4.79 Å². The number of aromatic nitrogens is 2. The minimum atomic E-state index is -0.877. The van der Waals surface area contributed by atoms with Crippen LogP contribution in [0.2, 0.25) is 0 Å². The lowest BCUT2D eigenvalue weighted by Crippen LogP contribution is -2.19. The van der Waals surface area contributed by atoms with E-state index in [0.717, 1.165) is 19.4 Å². The van der Waals surface area contributed by atoms with E-state index in [0.29, 0.717) is 12.2 Å². The van der Waals surface area contributed by atoms with Crippen molar-refractivity contribution in [1.82, 2.24) is 9.78 Å². The highest BCUT2D eigenvalue weighted by atomic mass is 35.5. The molecule has 1 aliphatic carbocycles. The number of nitrogens with one attached hydrogen (secondary N) is 1. The molecule has 0 aliphatic heterocycles. The quantitative estimate of drug-likeness (QED) is 0.840. The van der Waals surface area contributed by atoms with Gasteiger partial charge in [-0.25, -0.2) is 4.68 Å². The minimum Gasteiger partial charge on any atom is -0.311 e. The molecule has 1 fully saturated rings. The van der Waals surface area contributed by atoms with Gasteiger partial charge >= 0.3 is 0 Å². The fourth-order valence-corrected chi connectivity index (χ4v) is 2.14. The molecule has 1 N–H and O–H groups in total. The number of halogens is 2. The van der Waals surface area contributed by atoms with Crippen LogP contribution in [0.25, 0.3) is 0 Å². The van der Waals surface area contributed by atoms with Crippen LogP contribution in [0.3, 0.4) is 0 Å². The number of amides is 1. The highest BCUT2D eigenvalue weighted by Gasteiger charge is 2.56. The van der Waals surface area contributed by atoms with E-state index in [1.165, 1.54) is 0 Å². The molecule has 1 saturated carbocycles. The molecule has 2 rings (SSSR count). The molecular formula is C11H15Cl2N3O. The van der Waals surface area contributed by atoms with E-state index in [2.05, 4.69) is 17.3 Å². The van der Waals surface area contributed by atoms with Crippen molar-refractivity contribution in [3.8, 4) is 0 Å². The molecule has 1 unspecified atom stereocenters. The lowest BCUT2D eigenvalue weighted by atomic mass is 10.3. The number of unbranched alkanes of at least 4 members (excludes halogenated alkanes) is 1. The first kappa shape index (κ1) is 12.7. The summed E-state index contributed by atoms with van der Waals surface area (Å²) in [5.74, 6) is 0.271. The van der Waals surface area contributed by atoms with E-state index < -0.39 is 4.33 Å². The second kappa shape index (κ2) is 4.86. The van der Waals surface area contributed by atoms with Crippen molar-refractivity contribution in [2.45, 2.75) is 37.1 Å². The van der Waals surface area contributed by atoms with E-state index >= 15 is 0 Å². The topological polar surface area (TPSA) is 46.9 Å². The molecule has 1 heterocycles. The van der Waals surface area contributed by atoms with Crippen LogP contribution in [0.5, 0.6) is 0 Å². The van der Waals surface area contributed by atoms with Gasteiger partial charge in [0.2, 0.25) is 5.91 Å². The number of hydrogen-bond donors (Lipinski definition) is 1. The van der Waals surface area contributed by atoms with Gasteiger partial charge in [0.15, 0.2) is 0 Å². The first-order valence-corrected chi connectivity index (χ1v) is 6.50. The summed E-state index contributed by atoms with van der Waals surface area (Å²) in [6.45, 7) is 2.91. The zero-order chi connectivity index (χ0) is 12.5. The van der Waals surface area contributed by atoms with E-state index in [9.17, 15) is 4.79 Å². The third kappa shape index (κ3) is 2.93. The summed E-state index contributed by atoms with van der Waals surface area (Å²) in [5, 5.41) is 6.97. The summed E-state index contributed by atoms with van der Waals surface area (Å²) in [5.41, 5.74) is 0. The Morgan fingerprint density at radius 2 is 2.41 bits per heavy atom. The summed E-state index contributed by atoms with van der Waals surface area (Å²) in [7, 11) is 0. The maximum Gasteiger partial charge on any atom is 0.231 e. The van der Waals surface area contributed by atoms with Crippen LogP contribution >= 0.6 is 23.2 Å². The number of alkyl halides is 2. The number of carbonyl (C=O) groups is 1. The Morgan fingerprint density at radius 1 is 1.71 bits per heavy atom. The molecule has 17 heavy (non-hydrogen) atoms. The third-order valence-corrected chi connectivity index (χ3v) is 3.67. The van der Waals surface area contributed by atoms with E-state index in [1.807, 2.05) is 0 Å². The molecule has 1 atom stereocenters. The summed E-state index contributed by atoms with van der Waals surface area (Å²) >= 11 is 11.7. The Hall–Kier alpha value is -0.740. The lowest BCUT2D eigenvalue weighted by molar-refractivity contribution is -0.117. The first-order chi connectivity index (χ1) is 8.04. The van der Waals surface area contributed by atoms with Crippen LogP contribution in [0.4, 0.5) is 5.82 Å². The second-order valence-corrected chi connectivity index (χ2v) is 5.84. The second-order valence-electron chi connectivity index (χ2n) is 4.30. The molecule has 0 aromatic carbocycles. The van der Waals surface area contributed by atoms with Gasteiger partial charge in [0, 0.05) is 12.6 Å². The van der Waals surface area contributed by atoms with Gasteiger partial charge in [-0.3, -0.25) is 4.79 Å². The van der Waals surface area contributed by atoms with Crippen LogP contribution in [0.15, 0.2) is 12.3 Å². The first-order valence-electron chi connectivity index (χ1n) is 5.75. The van der Waals surface area contributed by atoms with Crippen molar-refractivity contribution >= 4 is 34.9 Å². The molecule has 0 saturated heterocycles. The molecule has 1 aromatic rings. The van der Waals surface area contributed by atoms with Crippen molar-refractivity contribution in [1.29, 1.82) is 0 Å². The van der Waals surface area contributed by atoms with Gasteiger partial charge in [0.1, 0.15) is 10.2 Å². The molecule has 1 aromatic heterocycles. The fourth-order valence-electron chi connectivity index (χ4n) is 1.64. The van der Waals surface area contributed by atoms with Crippen molar-refractivity contribution in [3.63, 3.8) is 0 Å². The predicted molar refractivity (Wildman–Crippen MR) is 68.3 cm³/mol. The Morgan fingerprint density at radius 3 is 3.00 bits per heavy atom. The summed E-state index contributed by atoms with van der Waals surface area (Å²) in [6, 6.07) is 1.78. The largest absolute Gasteiger partial charge is 0.311 e. The van der Waals surface area contributed by atoms with Gasteiger partial charge in [0.25, 0.3) is 0 Å². The molecule has 4 nitrogen and oxygen atoms in total. The van der Waals surface area contributed by atoms with Crippen LogP contribution < -0.4 is 5.32 Å². The van der Waals surface area contributed by atoms with Gasteiger partial charge in [-0.1, -0.05) is 13.3 Å². The van der Waals surface area contributed by atoms with E-state index in [1.54, 1.807) is 16.9 Å². The van der Waals surface area contributed by atoms with Crippen LogP contribution in [0, 0.1) is 5.92 Å². The van der Waals surface area contributed by atoms with Crippen LogP contribution in [-0.4, -0.2) is 20.0 Å². The number of carbonyl (C=O) groups excluding carboxylic acids is 1. The Kier molecular flexibility index (Phi) is 3.64. The SMILES string of the molecule is CCCCn1nccc1NC(=O)C1CC1(Cl)Cl. The van der Waals surface area contributed by atoms with Gasteiger partial charge in [-0.2, -0.15) is 5.10 Å². The normalized spacial score (nSPS) is 21.2. The highest BCUT2D eigenvalue weighted by Crippen LogP contribution is 2.53. The van der Waals surface area contributed by atoms with Crippen molar-refractivity contribution in [3.05, 3.63) is 12.3 Å². The molecule has 0 bridgehead atoms. The number of anilines is 1. The van der Waals surface area contributed by atoms with Gasteiger partial charge in [0.05, 0.1) is 12.1 Å². The monoisotopic (exact) mass is 275 g/mol. The third-order valence-electron chi connectivity index (χ3n) is 2.83. The van der Waals surface area contributed by atoms with Gasteiger partial charge < -0.3 is 5.32 Å². The highest BCUT2D eigenvalue weighted by molar-refractivity contribution is 6.52. The average molecular weight is 276 g/mol. The van der Waals surface area contributed by atoms with Crippen LogP contribution in [0.1, 0.15) is 26.2 Å². The molecule has 6 heteroatoms. The molecule has 94 valence electrons. The number of hydrogen-bond acceptors (Lipinski definition) is 2. The molecular weight excluding hydrogens is 261 g/mol. The lowest BCUT2D eigenvalue weighted by Gasteiger charge is -2.08. The molecule has 1 amide bonds. The van der Waals surface area contributed by atoms with E-state index in [-0.39, 0.29) is 11.8 Å². The van der Waals surface area contributed by atoms with E-state index in [4.69, 9.17) is 23.2 Å². The number of nitrogens with zero attached hydrogens (tertiary/aromatic N) is 2. The summed E-state index contributed by atoms with van der Waals surface area (Å²) in [6.07, 6.45) is 4.31. The maximum atomic E-state index is 11.8. The smallest absolute Gasteiger partial charge is 0.231 e. The minimum absolute atomic E-state index is 0.131. The Balaban J connectivity index is 1.94. The molecule has 0 spiro atoms. The molecule has 0 radical (unpaired) electrons. The summed E-state index contributed by atoms with van der Waals surface area (Å²) < 4.78 is 0.909. The zero-order valence-corrected chi connectivity index (χ0v) is 11.1. The molecule has 1 aliphatic rings. The van der Waals surface area contributed by atoms with Gasteiger partial charge in [-0.15, -0.1) is 23.2 Å². The Bertz CT molecular complexity index is 417. The maximum absolute atomic E-state index is 11.8. The zero-order valence-electron chi connectivity index (χ0n) is 9.62. The summed E-state index contributed by atoms with van der Waals surface area (Å²) in [4.78, 5) is 11.8. The van der Waals surface area contributed by atoms with Gasteiger partial charge in [-0.05, 0) is 12.8 Å². The Labute approximate surface area is 110 Å². The van der Waals surface area contributed by atoms with Crippen molar-refractivity contribution in [2.24, 2.45) is 5.92 Å². The average Bonchev–Trinajstić information content (AvgIpc) is 2.71. The number of rotatable bonds is 5.